The summed E-state index contributed by atoms with van der Waals surface area (Å²) in [6, 6.07) is 10.6. The van der Waals surface area contributed by atoms with Crippen LogP contribution in [0.15, 0.2) is 35.7 Å². The lowest BCUT2D eigenvalue weighted by atomic mass is 10.2. The van der Waals surface area contributed by atoms with E-state index in [2.05, 4.69) is 40.7 Å². The SMILES string of the molecule is Cc1ccc2c(Cl)c(C(=O)NCC(c3cccs3)N3CCCC3)sc2c1. The van der Waals surface area contributed by atoms with Crippen molar-refractivity contribution >= 4 is 50.3 Å². The van der Waals surface area contributed by atoms with Crippen molar-refractivity contribution in [1.82, 2.24) is 10.2 Å². The maximum Gasteiger partial charge on any atom is 0.262 e. The molecule has 0 spiro atoms. The van der Waals surface area contributed by atoms with Crippen molar-refractivity contribution in [2.45, 2.75) is 25.8 Å². The molecule has 3 aromatic rings. The molecule has 1 atom stereocenters. The van der Waals surface area contributed by atoms with Gasteiger partial charge >= 0.3 is 0 Å². The molecule has 1 unspecified atom stereocenters. The summed E-state index contributed by atoms with van der Waals surface area (Å²) in [6.07, 6.45) is 2.47. The summed E-state index contributed by atoms with van der Waals surface area (Å²) < 4.78 is 1.06. The first-order chi connectivity index (χ1) is 12.6. The van der Waals surface area contributed by atoms with E-state index >= 15 is 0 Å². The summed E-state index contributed by atoms with van der Waals surface area (Å²) in [5.74, 6) is -0.0744. The number of carbonyl (C=O) groups excluding carboxylic acids is 1. The number of nitrogens with one attached hydrogen (secondary N) is 1. The van der Waals surface area contributed by atoms with E-state index in [1.54, 1.807) is 11.3 Å². The van der Waals surface area contributed by atoms with Crippen molar-refractivity contribution in [3.63, 3.8) is 0 Å². The van der Waals surface area contributed by atoms with Crippen molar-refractivity contribution in [3.8, 4) is 0 Å². The molecule has 136 valence electrons. The lowest BCUT2D eigenvalue weighted by Crippen LogP contribution is -2.36. The largest absolute Gasteiger partial charge is 0.349 e. The zero-order valence-electron chi connectivity index (χ0n) is 14.6. The fraction of sp³-hybridized carbons (Fsp3) is 0.350. The lowest BCUT2D eigenvalue weighted by Gasteiger charge is -2.26. The Balaban J connectivity index is 1.53. The Bertz CT molecular complexity index is 913. The van der Waals surface area contributed by atoms with Gasteiger partial charge < -0.3 is 5.32 Å². The van der Waals surface area contributed by atoms with E-state index in [0.29, 0.717) is 16.4 Å². The van der Waals surface area contributed by atoms with Crippen LogP contribution < -0.4 is 5.32 Å². The van der Waals surface area contributed by atoms with Gasteiger partial charge in [0.1, 0.15) is 4.88 Å². The molecule has 4 rings (SSSR count). The van der Waals surface area contributed by atoms with E-state index in [0.717, 1.165) is 23.2 Å². The van der Waals surface area contributed by atoms with Gasteiger partial charge in [-0.25, -0.2) is 0 Å². The van der Waals surface area contributed by atoms with Crippen LogP contribution in [0.5, 0.6) is 0 Å². The highest BCUT2D eigenvalue weighted by molar-refractivity contribution is 7.21. The topological polar surface area (TPSA) is 32.3 Å². The summed E-state index contributed by atoms with van der Waals surface area (Å²) in [7, 11) is 0. The van der Waals surface area contributed by atoms with Gasteiger partial charge in [0.25, 0.3) is 5.91 Å². The molecule has 26 heavy (non-hydrogen) atoms. The maximum absolute atomic E-state index is 12.8. The van der Waals surface area contributed by atoms with Crippen LogP contribution in [0.4, 0.5) is 0 Å². The van der Waals surface area contributed by atoms with Gasteiger partial charge in [-0.1, -0.05) is 29.8 Å². The number of hydrogen-bond acceptors (Lipinski definition) is 4. The molecular formula is C20H21ClN2OS2. The molecule has 1 fully saturated rings. The minimum absolute atomic E-state index is 0.0744. The van der Waals surface area contributed by atoms with Crippen LogP contribution in [-0.4, -0.2) is 30.4 Å². The van der Waals surface area contributed by atoms with E-state index in [-0.39, 0.29) is 11.9 Å². The molecule has 1 N–H and O–H groups in total. The van der Waals surface area contributed by atoms with Crippen molar-refractivity contribution in [3.05, 3.63) is 56.1 Å². The fourth-order valence-corrected chi connectivity index (χ4v) is 5.92. The summed E-state index contributed by atoms with van der Waals surface area (Å²) in [4.78, 5) is 17.2. The van der Waals surface area contributed by atoms with E-state index in [9.17, 15) is 4.79 Å². The molecule has 3 heterocycles. The van der Waals surface area contributed by atoms with Crippen molar-refractivity contribution in [1.29, 1.82) is 0 Å². The minimum atomic E-state index is -0.0744. The Morgan fingerprint density at radius 2 is 2.12 bits per heavy atom. The lowest BCUT2D eigenvalue weighted by molar-refractivity contribution is 0.0942. The highest BCUT2D eigenvalue weighted by Crippen LogP contribution is 2.36. The van der Waals surface area contributed by atoms with Gasteiger partial charge in [-0.05, 0) is 55.9 Å². The van der Waals surface area contributed by atoms with Gasteiger partial charge in [-0.3, -0.25) is 9.69 Å². The van der Waals surface area contributed by atoms with E-state index in [1.807, 2.05) is 12.1 Å². The summed E-state index contributed by atoms with van der Waals surface area (Å²) in [6.45, 7) is 4.86. The molecule has 6 heteroatoms. The number of aryl methyl sites for hydroxylation is 1. The zero-order valence-corrected chi connectivity index (χ0v) is 17.0. The molecule has 1 saturated heterocycles. The number of rotatable bonds is 5. The van der Waals surface area contributed by atoms with Crippen LogP contribution in [0.1, 0.15) is 39.0 Å². The van der Waals surface area contributed by atoms with Gasteiger partial charge in [0.15, 0.2) is 0 Å². The molecule has 1 aromatic carbocycles. The van der Waals surface area contributed by atoms with Crippen LogP contribution >= 0.6 is 34.3 Å². The summed E-state index contributed by atoms with van der Waals surface area (Å²) in [5.41, 5.74) is 1.18. The predicted molar refractivity (Wildman–Crippen MR) is 112 cm³/mol. The van der Waals surface area contributed by atoms with Crippen molar-refractivity contribution in [2.75, 3.05) is 19.6 Å². The van der Waals surface area contributed by atoms with Crippen molar-refractivity contribution in [2.24, 2.45) is 0 Å². The number of likely N-dealkylation sites (tertiary alicyclic amines) is 1. The van der Waals surface area contributed by atoms with E-state index < -0.39 is 0 Å². The first-order valence-electron chi connectivity index (χ1n) is 8.88. The van der Waals surface area contributed by atoms with Gasteiger partial charge in [0.2, 0.25) is 0 Å². The van der Waals surface area contributed by atoms with Crippen molar-refractivity contribution < 1.29 is 4.79 Å². The fourth-order valence-electron chi connectivity index (χ4n) is 3.53. The Hall–Kier alpha value is -1.40. The van der Waals surface area contributed by atoms with Gasteiger partial charge in [0.05, 0.1) is 11.1 Å². The Kier molecular flexibility index (Phi) is 5.32. The number of fused-ring (bicyclic) bond motifs is 1. The van der Waals surface area contributed by atoms with Crippen LogP contribution in [-0.2, 0) is 0 Å². The number of benzene rings is 1. The quantitative estimate of drug-likeness (QED) is 0.609. The summed E-state index contributed by atoms with van der Waals surface area (Å²) in [5, 5.41) is 6.76. The average molecular weight is 405 g/mol. The first-order valence-corrected chi connectivity index (χ1v) is 10.9. The number of halogens is 1. The molecule has 1 aliphatic rings. The van der Waals surface area contributed by atoms with Gasteiger partial charge in [-0.2, -0.15) is 0 Å². The Morgan fingerprint density at radius 3 is 2.85 bits per heavy atom. The number of nitrogens with zero attached hydrogens (tertiary/aromatic N) is 1. The third kappa shape index (κ3) is 3.54. The standard InChI is InChI=1S/C20H21ClN2OS2/c1-13-6-7-14-17(11-13)26-19(18(14)21)20(24)22-12-15(16-5-4-10-25-16)23-8-2-3-9-23/h4-7,10-11,15H,2-3,8-9,12H2,1H3,(H,22,24). The number of amides is 1. The van der Waals surface area contributed by atoms with Crippen LogP contribution in [0.2, 0.25) is 5.02 Å². The molecule has 0 aliphatic carbocycles. The van der Waals surface area contributed by atoms with E-state index in [1.165, 1.54) is 34.6 Å². The maximum atomic E-state index is 12.8. The van der Waals surface area contributed by atoms with Gasteiger partial charge in [0, 0.05) is 21.5 Å². The van der Waals surface area contributed by atoms with E-state index in [4.69, 9.17) is 11.6 Å². The minimum Gasteiger partial charge on any atom is -0.349 e. The Morgan fingerprint density at radius 1 is 1.31 bits per heavy atom. The van der Waals surface area contributed by atoms with Crippen LogP contribution in [0.3, 0.4) is 0 Å². The molecule has 0 bridgehead atoms. The second-order valence-corrected chi connectivity index (χ2v) is 9.14. The highest BCUT2D eigenvalue weighted by atomic mass is 35.5. The second-order valence-electron chi connectivity index (χ2n) is 6.73. The predicted octanol–water partition coefficient (Wildman–Crippen LogP) is 5.49. The molecule has 0 radical (unpaired) electrons. The monoisotopic (exact) mass is 404 g/mol. The molecule has 3 nitrogen and oxygen atoms in total. The third-order valence-electron chi connectivity index (χ3n) is 4.90. The molecule has 0 saturated carbocycles. The summed E-state index contributed by atoms with van der Waals surface area (Å²) >= 11 is 9.72. The molecule has 2 aromatic heterocycles. The highest BCUT2D eigenvalue weighted by Gasteiger charge is 2.25. The number of hydrogen-bond donors (Lipinski definition) is 1. The average Bonchev–Trinajstić information content (AvgIpc) is 3.37. The molecule has 1 aliphatic heterocycles. The molecular weight excluding hydrogens is 384 g/mol. The normalized spacial score (nSPS) is 16.2. The number of carbonyl (C=O) groups is 1. The number of thiophene rings is 2. The third-order valence-corrected chi connectivity index (χ3v) is 7.53. The van der Waals surface area contributed by atoms with Crippen LogP contribution in [0, 0.1) is 6.92 Å². The molecule has 1 amide bonds. The first kappa shape index (κ1) is 18.0. The van der Waals surface area contributed by atoms with Gasteiger partial charge in [-0.15, -0.1) is 22.7 Å². The Labute approximate surface area is 166 Å². The van der Waals surface area contributed by atoms with Crippen LogP contribution in [0.25, 0.3) is 10.1 Å². The second kappa shape index (κ2) is 7.69. The smallest absolute Gasteiger partial charge is 0.262 e. The zero-order chi connectivity index (χ0) is 18.1.